The topological polar surface area (TPSA) is 0 Å². The average Bonchev–Trinajstić information content (AvgIpc) is 2.16. The molecule has 72 valence electrons. The molecule has 0 atom stereocenters. The number of hydrogen-bond donors (Lipinski definition) is 0. The summed E-state index contributed by atoms with van der Waals surface area (Å²) in [6.07, 6.45) is 0. The van der Waals surface area contributed by atoms with Crippen LogP contribution >= 0.6 is 23.2 Å². The summed E-state index contributed by atoms with van der Waals surface area (Å²) >= 11 is 12.3. The molecule has 0 aliphatic heterocycles. The third-order valence-electron chi connectivity index (χ3n) is 2.41. The van der Waals surface area contributed by atoms with Gasteiger partial charge >= 0.3 is 0 Å². The van der Waals surface area contributed by atoms with Crippen LogP contribution in [0.3, 0.4) is 0 Å². The van der Waals surface area contributed by atoms with Crippen molar-refractivity contribution in [1.29, 1.82) is 0 Å². The molecule has 2 rings (SSSR count). The Morgan fingerprint density at radius 3 is 2.43 bits per heavy atom. The smallest absolute Gasteiger partial charge is 0.0528 e. The molecule has 0 saturated carbocycles. The minimum Gasteiger partial charge on any atom is -0.0840 e. The lowest BCUT2D eigenvalue weighted by Crippen LogP contribution is -1.82. The lowest BCUT2D eigenvalue weighted by Gasteiger charge is -2.07. The molecule has 0 bridgehead atoms. The van der Waals surface area contributed by atoms with Crippen molar-refractivity contribution in [3.63, 3.8) is 0 Å². The summed E-state index contributed by atoms with van der Waals surface area (Å²) in [5.74, 6) is 0. The van der Waals surface area contributed by atoms with Gasteiger partial charge in [-0.15, -0.1) is 0 Å². The highest BCUT2D eigenvalue weighted by atomic mass is 35.5. The molecule has 0 aliphatic rings. The number of hydrogen-bond acceptors (Lipinski definition) is 0. The van der Waals surface area contributed by atoms with Crippen LogP contribution in [0.25, 0.3) is 10.8 Å². The summed E-state index contributed by atoms with van der Waals surface area (Å²) in [6, 6.07) is 8.14. The van der Waals surface area contributed by atoms with Crippen LogP contribution in [-0.4, -0.2) is 0 Å². The molecule has 0 heterocycles. The number of rotatable bonds is 0. The Morgan fingerprint density at radius 1 is 1.00 bits per heavy atom. The van der Waals surface area contributed by atoms with E-state index < -0.39 is 0 Å². The molecule has 0 amide bonds. The van der Waals surface area contributed by atoms with E-state index in [1.165, 1.54) is 5.56 Å². The molecule has 0 aromatic heterocycles. The summed E-state index contributed by atoms with van der Waals surface area (Å²) in [5, 5.41) is 3.66. The quantitative estimate of drug-likeness (QED) is 0.606. The zero-order valence-electron chi connectivity index (χ0n) is 8.07. The van der Waals surface area contributed by atoms with E-state index in [2.05, 4.69) is 19.1 Å². The molecule has 0 N–H and O–H groups in total. The van der Waals surface area contributed by atoms with Crippen LogP contribution in [-0.2, 0) is 0 Å². The maximum absolute atomic E-state index is 6.22. The second kappa shape index (κ2) is 3.45. The van der Waals surface area contributed by atoms with E-state index in [4.69, 9.17) is 23.2 Å². The van der Waals surface area contributed by atoms with Gasteiger partial charge in [-0.05, 0) is 36.9 Å². The molecule has 2 heteroatoms. The van der Waals surface area contributed by atoms with Crippen molar-refractivity contribution in [2.24, 2.45) is 0 Å². The first-order chi connectivity index (χ1) is 6.59. The SMILES string of the molecule is Cc1ccc2cc(Cl)c(C)c(Cl)c2c1. The Kier molecular flexibility index (Phi) is 2.42. The summed E-state index contributed by atoms with van der Waals surface area (Å²) in [7, 11) is 0. The Labute approximate surface area is 93.4 Å². The van der Waals surface area contributed by atoms with E-state index in [1.54, 1.807) is 0 Å². The molecule has 2 aromatic carbocycles. The lowest BCUT2D eigenvalue weighted by atomic mass is 10.1. The first kappa shape index (κ1) is 9.82. The van der Waals surface area contributed by atoms with Crippen molar-refractivity contribution in [1.82, 2.24) is 0 Å². The van der Waals surface area contributed by atoms with E-state index in [0.29, 0.717) is 0 Å². The molecule has 14 heavy (non-hydrogen) atoms. The van der Waals surface area contributed by atoms with Crippen LogP contribution in [0, 0.1) is 13.8 Å². The van der Waals surface area contributed by atoms with Gasteiger partial charge in [-0.1, -0.05) is 40.9 Å². The molecule has 0 nitrogen and oxygen atoms in total. The fourth-order valence-electron chi connectivity index (χ4n) is 1.54. The van der Waals surface area contributed by atoms with Crippen molar-refractivity contribution in [3.05, 3.63) is 45.4 Å². The summed E-state index contributed by atoms with van der Waals surface area (Å²) in [5.41, 5.74) is 2.16. The van der Waals surface area contributed by atoms with Gasteiger partial charge in [-0.3, -0.25) is 0 Å². The minimum absolute atomic E-state index is 0.728. The Balaban J connectivity index is 2.92. The van der Waals surface area contributed by atoms with Gasteiger partial charge in [-0.2, -0.15) is 0 Å². The van der Waals surface area contributed by atoms with E-state index >= 15 is 0 Å². The van der Waals surface area contributed by atoms with Crippen LogP contribution in [0.15, 0.2) is 24.3 Å². The van der Waals surface area contributed by atoms with Crippen molar-refractivity contribution in [3.8, 4) is 0 Å². The molecule has 2 aromatic rings. The Morgan fingerprint density at radius 2 is 1.71 bits per heavy atom. The zero-order chi connectivity index (χ0) is 10.3. The molecular weight excluding hydrogens is 215 g/mol. The van der Waals surface area contributed by atoms with Gasteiger partial charge in [0.25, 0.3) is 0 Å². The number of fused-ring (bicyclic) bond motifs is 1. The molecular formula is C12H10Cl2. The summed E-state index contributed by atoms with van der Waals surface area (Å²) in [6.45, 7) is 3.99. The van der Waals surface area contributed by atoms with Gasteiger partial charge in [0.15, 0.2) is 0 Å². The predicted molar refractivity (Wildman–Crippen MR) is 63.4 cm³/mol. The van der Waals surface area contributed by atoms with E-state index in [9.17, 15) is 0 Å². The van der Waals surface area contributed by atoms with Gasteiger partial charge in [0.1, 0.15) is 0 Å². The summed E-state index contributed by atoms with van der Waals surface area (Å²) < 4.78 is 0. The first-order valence-corrected chi connectivity index (χ1v) is 5.20. The van der Waals surface area contributed by atoms with Crippen LogP contribution in [0.5, 0.6) is 0 Å². The highest BCUT2D eigenvalue weighted by Crippen LogP contribution is 2.32. The van der Waals surface area contributed by atoms with Crippen molar-refractivity contribution >= 4 is 34.0 Å². The van der Waals surface area contributed by atoms with Crippen LogP contribution < -0.4 is 0 Å². The largest absolute Gasteiger partial charge is 0.0840 e. The number of halogens is 2. The maximum Gasteiger partial charge on any atom is 0.0528 e. The lowest BCUT2D eigenvalue weighted by molar-refractivity contribution is 1.47. The van der Waals surface area contributed by atoms with Gasteiger partial charge < -0.3 is 0 Å². The molecule has 0 unspecified atom stereocenters. The molecule has 0 fully saturated rings. The standard InChI is InChI=1S/C12H10Cl2/c1-7-3-4-9-6-11(13)8(2)12(14)10(9)5-7/h3-6H,1-2H3. The monoisotopic (exact) mass is 224 g/mol. The maximum atomic E-state index is 6.22. The van der Waals surface area contributed by atoms with E-state index in [0.717, 1.165) is 26.4 Å². The van der Waals surface area contributed by atoms with E-state index in [-0.39, 0.29) is 0 Å². The highest BCUT2D eigenvalue weighted by molar-refractivity contribution is 6.40. The van der Waals surface area contributed by atoms with Crippen LogP contribution in [0.4, 0.5) is 0 Å². The fraction of sp³-hybridized carbons (Fsp3) is 0.167. The highest BCUT2D eigenvalue weighted by Gasteiger charge is 2.06. The Hall–Kier alpha value is -0.720. The fourth-order valence-corrected chi connectivity index (χ4v) is 2.06. The van der Waals surface area contributed by atoms with Crippen molar-refractivity contribution in [2.75, 3.05) is 0 Å². The molecule has 0 radical (unpaired) electrons. The van der Waals surface area contributed by atoms with Crippen LogP contribution in [0.2, 0.25) is 10.0 Å². The second-order valence-electron chi connectivity index (χ2n) is 3.52. The first-order valence-electron chi connectivity index (χ1n) is 4.44. The molecule has 0 aliphatic carbocycles. The van der Waals surface area contributed by atoms with Gasteiger partial charge in [0.2, 0.25) is 0 Å². The molecule has 0 saturated heterocycles. The minimum atomic E-state index is 0.728. The normalized spacial score (nSPS) is 10.9. The van der Waals surface area contributed by atoms with Crippen molar-refractivity contribution in [2.45, 2.75) is 13.8 Å². The third-order valence-corrected chi connectivity index (χ3v) is 3.29. The van der Waals surface area contributed by atoms with Crippen molar-refractivity contribution < 1.29 is 0 Å². The van der Waals surface area contributed by atoms with Crippen LogP contribution in [0.1, 0.15) is 11.1 Å². The summed E-state index contributed by atoms with van der Waals surface area (Å²) in [4.78, 5) is 0. The number of benzene rings is 2. The van der Waals surface area contributed by atoms with Gasteiger partial charge in [-0.25, -0.2) is 0 Å². The second-order valence-corrected chi connectivity index (χ2v) is 4.31. The molecule has 0 spiro atoms. The van der Waals surface area contributed by atoms with Gasteiger partial charge in [0.05, 0.1) is 5.02 Å². The van der Waals surface area contributed by atoms with Gasteiger partial charge in [0, 0.05) is 10.4 Å². The van der Waals surface area contributed by atoms with E-state index in [1.807, 2.05) is 19.1 Å². The predicted octanol–water partition coefficient (Wildman–Crippen LogP) is 4.76. The number of aryl methyl sites for hydroxylation is 1. The average molecular weight is 225 g/mol. The third kappa shape index (κ3) is 1.49. The Bertz CT molecular complexity index is 501. The zero-order valence-corrected chi connectivity index (χ0v) is 9.58.